The van der Waals surface area contributed by atoms with Gasteiger partial charge in [-0.15, -0.1) is 0 Å². The Balaban J connectivity index is 1.80. The molecule has 0 radical (unpaired) electrons. The summed E-state index contributed by atoms with van der Waals surface area (Å²) in [7, 11) is -0.563. The van der Waals surface area contributed by atoms with E-state index < -0.39 is 15.8 Å². The van der Waals surface area contributed by atoms with E-state index in [-0.39, 0.29) is 22.7 Å². The van der Waals surface area contributed by atoms with E-state index in [0.717, 1.165) is 18.1 Å². The van der Waals surface area contributed by atoms with Gasteiger partial charge < -0.3 is 10.1 Å². The number of ether oxygens (including phenoxy) is 1. The summed E-state index contributed by atoms with van der Waals surface area (Å²) in [5.74, 6) is -0.622. The molecule has 2 atom stereocenters. The van der Waals surface area contributed by atoms with Gasteiger partial charge in [0.2, 0.25) is 10.0 Å². The lowest BCUT2D eigenvalue weighted by Crippen LogP contribution is -2.24. The van der Waals surface area contributed by atoms with Gasteiger partial charge in [0.15, 0.2) is 0 Å². The summed E-state index contributed by atoms with van der Waals surface area (Å²) in [6.45, 7) is 0.561. The van der Waals surface area contributed by atoms with Crippen molar-refractivity contribution in [2.45, 2.75) is 23.5 Å². The average molecular weight is 354 g/mol. The maximum Gasteiger partial charge on any atom is 0.240 e. The molecule has 2 N–H and O–H groups in total. The molecule has 0 unspecified atom stereocenters. The van der Waals surface area contributed by atoms with Gasteiger partial charge in [0.1, 0.15) is 11.9 Å². The standard InChI is InChI=1S/C15H19FN4O3S/c1-17-24(21,22)11-3-4-13(12(16)7-11)19-14-5-6-23-15(14)10-8-18-20(2)9-10/h3-4,7-9,14-15,17,19H,5-6H2,1-2H3/t14-,15+/m0/s1. The number of anilines is 1. The number of halogens is 1. The second-order valence-corrected chi connectivity index (χ2v) is 7.51. The van der Waals surface area contributed by atoms with E-state index in [2.05, 4.69) is 15.1 Å². The Hall–Kier alpha value is -1.97. The Morgan fingerprint density at radius 3 is 2.83 bits per heavy atom. The highest BCUT2D eigenvalue weighted by molar-refractivity contribution is 7.89. The van der Waals surface area contributed by atoms with E-state index in [1.54, 1.807) is 10.9 Å². The Morgan fingerprint density at radius 1 is 1.42 bits per heavy atom. The van der Waals surface area contributed by atoms with E-state index in [0.29, 0.717) is 6.61 Å². The third kappa shape index (κ3) is 3.28. The summed E-state index contributed by atoms with van der Waals surface area (Å²) < 4.78 is 47.3. The lowest BCUT2D eigenvalue weighted by molar-refractivity contribution is 0.107. The molecule has 3 rings (SSSR count). The zero-order valence-electron chi connectivity index (χ0n) is 13.4. The highest BCUT2D eigenvalue weighted by atomic mass is 32.2. The minimum atomic E-state index is -3.67. The summed E-state index contributed by atoms with van der Waals surface area (Å²) in [5, 5.41) is 7.24. The molecule has 1 aliphatic heterocycles. The van der Waals surface area contributed by atoms with Crippen LogP contribution in [0.15, 0.2) is 35.5 Å². The number of aromatic nitrogens is 2. The largest absolute Gasteiger partial charge is 0.377 e. The monoisotopic (exact) mass is 354 g/mol. The molecule has 1 saturated heterocycles. The van der Waals surface area contributed by atoms with Crippen molar-refractivity contribution in [2.24, 2.45) is 7.05 Å². The van der Waals surface area contributed by atoms with Crippen LogP contribution in [0.5, 0.6) is 0 Å². The molecule has 0 aliphatic carbocycles. The van der Waals surface area contributed by atoms with Gasteiger partial charge in [-0.05, 0) is 31.7 Å². The van der Waals surface area contributed by atoms with Crippen molar-refractivity contribution in [3.63, 3.8) is 0 Å². The van der Waals surface area contributed by atoms with Crippen LogP contribution in [0.2, 0.25) is 0 Å². The quantitative estimate of drug-likeness (QED) is 0.848. The first-order valence-corrected chi connectivity index (χ1v) is 8.99. The zero-order valence-corrected chi connectivity index (χ0v) is 14.2. The van der Waals surface area contributed by atoms with E-state index >= 15 is 0 Å². The summed E-state index contributed by atoms with van der Waals surface area (Å²) in [4.78, 5) is -0.112. The molecule has 0 saturated carbocycles. The molecule has 1 fully saturated rings. The first-order chi connectivity index (χ1) is 11.4. The Morgan fingerprint density at radius 2 is 2.21 bits per heavy atom. The second kappa shape index (κ2) is 6.50. The highest BCUT2D eigenvalue weighted by Gasteiger charge is 2.31. The molecular formula is C15H19FN4O3S. The van der Waals surface area contributed by atoms with Crippen LogP contribution in [0, 0.1) is 5.82 Å². The lowest BCUT2D eigenvalue weighted by Gasteiger charge is -2.20. The van der Waals surface area contributed by atoms with Gasteiger partial charge in [-0.3, -0.25) is 4.68 Å². The van der Waals surface area contributed by atoms with Gasteiger partial charge in [-0.2, -0.15) is 5.10 Å². The predicted octanol–water partition coefficient (Wildman–Crippen LogP) is 1.41. The Labute approximate surface area is 139 Å². The van der Waals surface area contributed by atoms with Crippen LogP contribution >= 0.6 is 0 Å². The normalized spacial score (nSPS) is 21.1. The van der Waals surface area contributed by atoms with Crippen LogP contribution in [0.1, 0.15) is 18.1 Å². The molecular weight excluding hydrogens is 335 g/mol. The summed E-state index contributed by atoms with van der Waals surface area (Å²) >= 11 is 0. The van der Waals surface area contributed by atoms with Crippen LogP contribution in [0.4, 0.5) is 10.1 Å². The molecule has 2 heterocycles. The maximum atomic E-state index is 14.3. The summed E-state index contributed by atoms with van der Waals surface area (Å²) in [5.41, 5.74) is 1.16. The fraction of sp³-hybridized carbons (Fsp3) is 0.400. The van der Waals surface area contributed by atoms with Crippen molar-refractivity contribution in [2.75, 3.05) is 19.0 Å². The molecule has 1 aliphatic rings. The van der Waals surface area contributed by atoms with Crippen molar-refractivity contribution in [1.82, 2.24) is 14.5 Å². The van der Waals surface area contributed by atoms with Gasteiger partial charge in [0.25, 0.3) is 0 Å². The predicted molar refractivity (Wildman–Crippen MR) is 86.6 cm³/mol. The van der Waals surface area contributed by atoms with Crippen molar-refractivity contribution in [3.05, 3.63) is 42.0 Å². The van der Waals surface area contributed by atoms with Gasteiger partial charge in [0.05, 0.1) is 22.8 Å². The maximum absolute atomic E-state index is 14.3. The van der Waals surface area contributed by atoms with Gasteiger partial charge in [-0.25, -0.2) is 17.5 Å². The zero-order chi connectivity index (χ0) is 17.3. The number of aryl methyl sites for hydroxylation is 1. The van der Waals surface area contributed by atoms with Gasteiger partial charge >= 0.3 is 0 Å². The summed E-state index contributed by atoms with van der Waals surface area (Å²) in [6.07, 6.45) is 4.09. The minimum absolute atomic E-state index is 0.112. The number of hydrogen-bond donors (Lipinski definition) is 2. The molecule has 2 aromatic rings. The number of nitrogens with one attached hydrogen (secondary N) is 2. The van der Waals surface area contributed by atoms with Crippen LogP contribution in [-0.4, -0.2) is 37.9 Å². The van der Waals surface area contributed by atoms with Crippen molar-refractivity contribution < 1.29 is 17.5 Å². The number of benzene rings is 1. The third-order valence-corrected chi connectivity index (χ3v) is 5.42. The molecule has 0 amide bonds. The van der Waals surface area contributed by atoms with Crippen LogP contribution in [-0.2, 0) is 21.8 Å². The highest BCUT2D eigenvalue weighted by Crippen LogP contribution is 2.32. The van der Waals surface area contributed by atoms with Crippen LogP contribution < -0.4 is 10.0 Å². The SMILES string of the molecule is CNS(=O)(=O)c1ccc(N[C@H]2CCO[C@@H]2c2cnn(C)c2)c(F)c1. The summed E-state index contributed by atoms with van der Waals surface area (Å²) in [6, 6.07) is 3.68. The minimum Gasteiger partial charge on any atom is -0.377 e. The van der Waals surface area contributed by atoms with Crippen LogP contribution in [0.3, 0.4) is 0 Å². The third-order valence-electron chi connectivity index (χ3n) is 4.01. The second-order valence-electron chi connectivity index (χ2n) is 5.63. The first-order valence-electron chi connectivity index (χ1n) is 7.50. The fourth-order valence-electron chi connectivity index (χ4n) is 2.75. The molecule has 0 bridgehead atoms. The number of rotatable bonds is 5. The van der Waals surface area contributed by atoms with Crippen molar-refractivity contribution in [1.29, 1.82) is 0 Å². The van der Waals surface area contributed by atoms with Crippen molar-refractivity contribution in [3.8, 4) is 0 Å². The fourth-order valence-corrected chi connectivity index (χ4v) is 3.49. The number of nitrogens with zero attached hydrogens (tertiary/aromatic N) is 2. The van der Waals surface area contributed by atoms with Gasteiger partial charge in [0, 0.05) is 25.4 Å². The number of sulfonamides is 1. The molecule has 1 aromatic heterocycles. The van der Waals surface area contributed by atoms with Crippen LogP contribution in [0.25, 0.3) is 0 Å². The molecule has 24 heavy (non-hydrogen) atoms. The first kappa shape index (κ1) is 16.9. The molecule has 130 valence electrons. The molecule has 0 spiro atoms. The molecule has 1 aromatic carbocycles. The lowest BCUT2D eigenvalue weighted by atomic mass is 10.1. The van der Waals surface area contributed by atoms with Crippen molar-refractivity contribution >= 4 is 15.7 Å². The van der Waals surface area contributed by atoms with E-state index in [1.807, 2.05) is 13.2 Å². The number of hydrogen-bond acceptors (Lipinski definition) is 5. The smallest absolute Gasteiger partial charge is 0.240 e. The van der Waals surface area contributed by atoms with Gasteiger partial charge in [-0.1, -0.05) is 0 Å². The Bertz CT molecular complexity index is 837. The van der Waals surface area contributed by atoms with E-state index in [1.165, 1.54) is 19.2 Å². The van der Waals surface area contributed by atoms with E-state index in [4.69, 9.17) is 4.74 Å². The Kier molecular flexibility index (Phi) is 4.57. The molecule has 9 heteroatoms. The molecule has 7 nitrogen and oxygen atoms in total. The average Bonchev–Trinajstić information content (AvgIpc) is 3.17. The topological polar surface area (TPSA) is 85.2 Å². The van der Waals surface area contributed by atoms with E-state index in [9.17, 15) is 12.8 Å².